The van der Waals surface area contributed by atoms with E-state index in [0.29, 0.717) is 0 Å². The van der Waals surface area contributed by atoms with E-state index in [1.807, 2.05) is 36.4 Å². The van der Waals surface area contributed by atoms with Gasteiger partial charge in [0.2, 0.25) is 0 Å². The lowest BCUT2D eigenvalue weighted by molar-refractivity contribution is 0.272. The number of aliphatic hydroxyl groups excluding tert-OH is 1. The molecule has 0 saturated carbocycles. The molecule has 0 aliphatic carbocycles. The highest BCUT2D eigenvalue weighted by Crippen LogP contribution is 2.36. The van der Waals surface area contributed by atoms with Crippen molar-refractivity contribution in [3.63, 3.8) is 0 Å². The van der Waals surface area contributed by atoms with Crippen LogP contribution in [0.2, 0.25) is 5.02 Å². The van der Waals surface area contributed by atoms with E-state index >= 15 is 0 Å². The summed E-state index contributed by atoms with van der Waals surface area (Å²) in [7, 11) is 0. The maximum atomic E-state index is 13.3. The van der Waals surface area contributed by atoms with E-state index < -0.39 is 0 Å². The minimum atomic E-state index is -0.217. The van der Waals surface area contributed by atoms with Gasteiger partial charge < -0.3 is 10.4 Å². The molecule has 5 heteroatoms. The highest BCUT2D eigenvalue weighted by atomic mass is 35.5. The van der Waals surface area contributed by atoms with Gasteiger partial charge in [0.05, 0.1) is 0 Å². The average molecular weight is 392 g/mol. The van der Waals surface area contributed by atoms with Crippen LogP contribution < -0.4 is 5.32 Å². The Kier molecular flexibility index (Phi) is 7.15. The number of rotatable bonds is 7. The van der Waals surface area contributed by atoms with E-state index in [4.69, 9.17) is 11.6 Å². The van der Waals surface area contributed by atoms with Gasteiger partial charge in [0.15, 0.2) is 0 Å². The van der Waals surface area contributed by atoms with Crippen LogP contribution in [0.15, 0.2) is 64.4 Å². The lowest BCUT2D eigenvalue weighted by Gasteiger charge is -2.32. The predicted molar refractivity (Wildman–Crippen MR) is 107 cm³/mol. The van der Waals surface area contributed by atoms with Crippen LogP contribution in [0.3, 0.4) is 0 Å². The summed E-state index contributed by atoms with van der Waals surface area (Å²) in [6.07, 6.45) is 4.76. The van der Waals surface area contributed by atoms with Gasteiger partial charge in [0.25, 0.3) is 0 Å². The fraction of sp³-hybridized carbons (Fsp3) is 0.333. The van der Waals surface area contributed by atoms with Crippen LogP contribution in [0.4, 0.5) is 4.39 Å². The number of hydrogen-bond donors (Lipinski definition) is 2. The van der Waals surface area contributed by atoms with Crippen molar-refractivity contribution in [2.24, 2.45) is 0 Å². The van der Waals surface area contributed by atoms with Crippen LogP contribution >= 0.6 is 23.4 Å². The van der Waals surface area contributed by atoms with E-state index in [2.05, 4.69) is 11.4 Å². The van der Waals surface area contributed by atoms with Gasteiger partial charge in [-0.05, 0) is 72.0 Å². The second-order valence-corrected chi connectivity index (χ2v) is 8.11. The Hall–Kier alpha value is -1.33. The Morgan fingerprint density at radius 3 is 2.58 bits per heavy atom. The van der Waals surface area contributed by atoms with Gasteiger partial charge in [0.1, 0.15) is 5.82 Å². The molecule has 3 rings (SSSR count). The maximum absolute atomic E-state index is 13.3. The third kappa shape index (κ3) is 5.34. The molecule has 2 unspecified atom stereocenters. The molecule has 138 valence electrons. The lowest BCUT2D eigenvalue weighted by Crippen LogP contribution is -2.38. The minimum Gasteiger partial charge on any atom is -0.396 e. The zero-order chi connectivity index (χ0) is 18.4. The lowest BCUT2D eigenvalue weighted by atomic mass is 9.85. The predicted octanol–water partition coefficient (Wildman–Crippen LogP) is 5.37. The van der Waals surface area contributed by atoms with Crippen LogP contribution in [-0.4, -0.2) is 24.3 Å². The SMILES string of the molecule is OCCCC(c1ccc(F)cc1)C1CC(Sc2ccc(Cl)cc2)=CCN1. The van der Waals surface area contributed by atoms with Crippen LogP contribution in [0.1, 0.15) is 30.7 Å². The van der Waals surface area contributed by atoms with E-state index in [-0.39, 0.29) is 24.4 Å². The van der Waals surface area contributed by atoms with E-state index in [0.717, 1.165) is 36.4 Å². The molecular formula is C21H23ClFNOS. The molecule has 1 aliphatic heterocycles. The van der Waals surface area contributed by atoms with Crippen LogP contribution in [0.25, 0.3) is 0 Å². The van der Waals surface area contributed by atoms with Crippen molar-refractivity contribution in [1.29, 1.82) is 0 Å². The Bertz CT molecular complexity index is 733. The minimum absolute atomic E-state index is 0.173. The molecule has 0 amide bonds. The van der Waals surface area contributed by atoms with E-state index in [1.165, 1.54) is 21.9 Å². The van der Waals surface area contributed by atoms with Gasteiger partial charge in [-0.25, -0.2) is 4.39 Å². The molecule has 0 radical (unpaired) electrons. The standard InChI is InChI=1S/C21H23ClFNOS/c22-16-5-9-18(10-6-16)26-19-11-12-24-21(14-19)20(2-1-13-25)15-3-7-17(23)8-4-15/h3-11,20-21,24-25H,1-2,12-14H2. The van der Waals surface area contributed by atoms with Gasteiger partial charge in [-0.15, -0.1) is 0 Å². The molecule has 26 heavy (non-hydrogen) atoms. The van der Waals surface area contributed by atoms with Crippen molar-refractivity contribution in [2.45, 2.75) is 36.1 Å². The molecule has 2 atom stereocenters. The first-order chi connectivity index (χ1) is 12.7. The monoisotopic (exact) mass is 391 g/mol. The topological polar surface area (TPSA) is 32.3 Å². The first-order valence-electron chi connectivity index (χ1n) is 8.88. The first-order valence-corrected chi connectivity index (χ1v) is 10.1. The van der Waals surface area contributed by atoms with Crippen LogP contribution in [0.5, 0.6) is 0 Å². The number of thioether (sulfide) groups is 1. The van der Waals surface area contributed by atoms with Crippen molar-refractivity contribution in [3.05, 3.63) is 75.9 Å². The molecule has 1 aliphatic rings. The van der Waals surface area contributed by atoms with Crippen molar-refractivity contribution in [1.82, 2.24) is 5.32 Å². The highest BCUT2D eigenvalue weighted by Gasteiger charge is 2.26. The molecule has 0 spiro atoms. The number of hydrogen-bond acceptors (Lipinski definition) is 3. The maximum Gasteiger partial charge on any atom is 0.123 e. The largest absolute Gasteiger partial charge is 0.396 e. The summed E-state index contributed by atoms with van der Waals surface area (Å²) in [5.74, 6) is 0.0300. The van der Waals surface area contributed by atoms with Gasteiger partial charge in [-0.1, -0.05) is 41.6 Å². The highest BCUT2D eigenvalue weighted by molar-refractivity contribution is 8.03. The molecule has 0 bridgehead atoms. The summed E-state index contributed by atoms with van der Waals surface area (Å²) in [6.45, 7) is 0.990. The van der Waals surface area contributed by atoms with E-state index in [9.17, 15) is 9.50 Å². The Labute approximate surface area is 163 Å². The second-order valence-electron chi connectivity index (χ2n) is 6.47. The summed E-state index contributed by atoms with van der Waals surface area (Å²) in [5, 5.41) is 13.6. The first kappa shape index (κ1) is 19.4. The third-order valence-electron chi connectivity index (χ3n) is 4.65. The smallest absolute Gasteiger partial charge is 0.123 e. The summed E-state index contributed by atoms with van der Waals surface area (Å²) in [6, 6.07) is 14.9. The second kappa shape index (κ2) is 9.56. The van der Waals surface area contributed by atoms with E-state index in [1.54, 1.807) is 11.8 Å². The molecule has 2 aromatic carbocycles. The van der Waals surface area contributed by atoms with Gasteiger partial charge >= 0.3 is 0 Å². The summed E-state index contributed by atoms with van der Waals surface area (Å²) in [5.41, 5.74) is 1.12. The summed E-state index contributed by atoms with van der Waals surface area (Å²) in [4.78, 5) is 2.50. The van der Waals surface area contributed by atoms with Crippen LogP contribution in [-0.2, 0) is 0 Å². The molecule has 0 saturated heterocycles. The fourth-order valence-corrected chi connectivity index (χ4v) is 4.47. The molecule has 2 aromatic rings. The third-order valence-corrected chi connectivity index (χ3v) is 6.01. The zero-order valence-electron chi connectivity index (χ0n) is 14.5. The molecule has 0 aromatic heterocycles. The fourth-order valence-electron chi connectivity index (χ4n) is 3.34. The molecule has 2 N–H and O–H groups in total. The van der Waals surface area contributed by atoms with Crippen molar-refractivity contribution < 1.29 is 9.50 Å². The summed E-state index contributed by atoms with van der Waals surface area (Å²) < 4.78 is 13.3. The van der Waals surface area contributed by atoms with Crippen molar-refractivity contribution in [3.8, 4) is 0 Å². The average Bonchev–Trinajstić information content (AvgIpc) is 2.66. The van der Waals surface area contributed by atoms with Gasteiger partial charge in [-0.2, -0.15) is 0 Å². The Morgan fingerprint density at radius 2 is 1.88 bits per heavy atom. The molecule has 0 fully saturated rings. The number of nitrogens with one attached hydrogen (secondary N) is 1. The van der Waals surface area contributed by atoms with Crippen molar-refractivity contribution >= 4 is 23.4 Å². The molecular weight excluding hydrogens is 369 g/mol. The number of halogens is 2. The quantitative estimate of drug-likeness (QED) is 0.665. The Morgan fingerprint density at radius 1 is 1.15 bits per heavy atom. The van der Waals surface area contributed by atoms with Crippen molar-refractivity contribution in [2.75, 3.05) is 13.2 Å². The van der Waals surface area contributed by atoms with Gasteiger partial charge in [-0.3, -0.25) is 0 Å². The number of benzene rings is 2. The molecule has 1 heterocycles. The van der Waals surface area contributed by atoms with Gasteiger partial charge in [0, 0.05) is 29.1 Å². The normalized spacial score (nSPS) is 18.4. The zero-order valence-corrected chi connectivity index (χ0v) is 16.1. The summed E-state index contributed by atoms with van der Waals surface area (Å²) >= 11 is 7.73. The van der Waals surface area contributed by atoms with Crippen LogP contribution in [0, 0.1) is 5.82 Å². The number of aliphatic hydroxyl groups is 1. The molecule has 2 nitrogen and oxygen atoms in total. The Balaban J connectivity index is 1.72.